The summed E-state index contributed by atoms with van der Waals surface area (Å²) >= 11 is 0. The van der Waals surface area contributed by atoms with E-state index in [9.17, 15) is 9.50 Å². The van der Waals surface area contributed by atoms with Crippen LogP contribution in [0.4, 0.5) is 4.39 Å². The molecule has 0 spiro atoms. The standard InChI is InChI=1S/C15H24FNO/c1-4-9-15(2,12-18)11-17(3)10-13-5-7-14(16)8-6-13/h5-8,18H,4,9-12H2,1-3H3. The number of rotatable bonds is 7. The molecule has 0 aliphatic carbocycles. The van der Waals surface area contributed by atoms with Crippen molar-refractivity contribution in [2.45, 2.75) is 33.2 Å². The molecule has 2 nitrogen and oxygen atoms in total. The Morgan fingerprint density at radius 1 is 1.28 bits per heavy atom. The number of halogens is 1. The van der Waals surface area contributed by atoms with E-state index in [1.54, 1.807) is 0 Å². The lowest BCUT2D eigenvalue weighted by Gasteiger charge is -2.32. The van der Waals surface area contributed by atoms with Gasteiger partial charge in [-0.1, -0.05) is 32.4 Å². The van der Waals surface area contributed by atoms with Crippen molar-refractivity contribution in [2.75, 3.05) is 20.2 Å². The van der Waals surface area contributed by atoms with Gasteiger partial charge in [0.05, 0.1) is 0 Å². The molecule has 0 aliphatic heterocycles. The van der Waals surface area contributed by atoms with Crippen LogP contribution in [0.5, 0.6) is 0 Å². The predicted octanol–water partition coefficient (Wildman–Crippen LogP) is 3.06. The number of benzene rings is 1. The summed E-state index contributed by atoms with van der Waals surface area (Å²) in [5.74, 6) is -0.201. The molecule has 18 heavy (non-hydrogen) atoms. The van der Waals surface area contributed by atoms with Crippen molar-refractivity contribution in [3.63, 3.8) is 0 Å². The first kappa shape index (κ1) is 15.1. The highest BCUT2D eigenvalue weighted by atomic mass is 19.1. The minimum Gasteiger partial charge on any atom is -0.396 e. The topological polar surface area (TPSA) is 23.5 Å². The Bertz CT molecular complexity index is 352. The van der Waals surface area contributed by atoms with Gasteiger partial charge in [-0.2, -0.15) is 0 Å². The molecule has 102 valence electrons. The second-order valence-electron chi connectivity index (χ2n) is 5.52. The first-order chi connectivity index (χ1) is 8.49. The summed E-state index contributed by atoms with van der Waals surface area (Å²) in [5, 5.41) is 9.49. The van der Waals surface area contributed by atoms with Gasteiger partial charge in [-0.25, -0.2) is 4.39 Å². The first-order valence-corrected chi connectivity index (χ1v) is 6.53. The third-order valence-electron chi connectivity index (χ3n) is 3.25. The van der Waals surface area contributed by atoms with Gasteiger partial charge in [0.1, 0.15) is 5.82 Å². The molecule has 0 amide bonds. The summed E-state index contributed by atoms with van der Waals surface area (Å²) in [4.78, 5) is 2.18. The van der Waals surface area contributed by atoms with Crippen molar-refractivity contribution in [3.05, 3.63) is 35.6 Å². The Labute approximate surface area is 109 Å². The fourth-order valence-electron chi connectivity index (χ4n) is 2.42. The van der Waals surface area contributed by atoms with E-state index in [0.717, 1.165) is 31.5 Å². The largest absolute Gasteiger partial charge is 0.396 e. The van der Waals surface area contributed by atoms with Gasteiger partial charge >= 0.3 is 0 Å². The fourth-order valence-corrected chi connectivity index (χ4v) is 2.42. The van der Waals surface area contributed by atoms with E-state index in [4.69, 9.17) is 0 Å². The molecule has 0 saturated carbocycles. The SMILES string of the molecule is CCCC(C)(CO)CN(C)Cc1ccc(F)cc1. The van der Waals surface area contributed by atoms with Crippen LogP contribution in [0.15, 0.2) is 24.3 Å². The van der Waals surface area contributed by atoms with E-state index in [0.29, 0.717) is 0 Å². The summed E-state index contributed by atoms with van der Waals surface area (Å²) in [6.45, 7) is 6.06. The number of aliphatic hydroxyl groups is 1. The van der Waals surface area contributed by atoms with Gasteiger partial charge in [0.25, 0.3) is 0 Å². The summed E-state index contributed by atoms with van der Waals surface area (Å²) in [6, 6.07) is 6.59. The summed E-state index contributed by atoms with van der Waals surface area (Å²) in [5.41, 5.74) is 1.04. The van der Waals surface area contributed by atoms with Crippen molar-refractivity contribution in [2.24, 2.45) is 5.41 Å². The second kappa shape index (κ2) is 6.86. The molecule has 0 aromatic heterocycles. The summed E-state index contributed by atoms with van der Waals surface area (Å²) < 4.78 is 12.8. The molecule has 0 fully saturated rings. The van der Waals surface area contributed by atoms with Crippen LogP contribution in [-0.2, 0) is 6.54 Å². The molecular formula is C15H24FNO. The fraction of sp³-hybridized carbons (Fsp3) is 0.600. The molecule has 1 aromatic rings. The third-order valence-corrected chi connectivity index (χ3v) is 3.25. The highest BCUT2D eigenvalue weighted by Gasteiger charge is 2.24. The molecule has 1 N–H and O–H groups in total. The maximum Gasteiger partial charge on any atom is 0.123 e. The molecule has 0 radical (unpaired) electrons. The van der Waals surface area contributed by atoms with E-state index in [-0.39, 0.29) is 17.8 Å². The molecule has 1 aromatic carbocycles. The smallest absolute Gasteiger partial charge is 0.123 e. The van der Waals surface area contributed by atoms with Gasteiger partial charge < -0.3 is 10.0 Å². The van der Waals surface area contributed by atoms with Crippen LogP contribution >= 0.6 is 0 Å². The first-order valence-electron chi connectivity index (χ1n) is 6.53. The van der Waals surface area contributed by atoms with E-state index in [1.807, 2.05) is 19.2 Å². The lowest BCUT2D eigenvalue weighted by atomic mass is 9.86. The van der Waals surface area contributed by atoms with Crippen LogP contribution in [0.2, 0.25) is 0 Å². The summed E-state index contributed by atoms with van der Waals surface area (Å²) in [6.07, 6.45) is 2.08. The van der Waals surface area contributed by atoms with Gasteiger partial charge in [-0.15, -0.1) is 0 Å². The maximum atomic E-state index is 12.8. The normalized spacial score (nSPS) is 14.8. The Balaban J connectivity index is 2.54. The number of aliphatic hydroxyl groups excluding tert-OH is 1. The van der Waals surface area contributed by atoms with Crippen LogP contribution in [0.25, 0.3) is 0 Å². The van der Waals surface area contributed by atoms with Crippen molar-refractivity contribution in [1.82, 2.24) is 4.90 Å². The Kier molecular flexibility index (Phi) is 5.76. The Morgan fingerprint density at radius 2 is 1.89 bits per heavy atom. The minimum absolute atomic E-state index is 0.0521. The zero-order valence-electron chi connectivity index (χ0n) is 11.6. The quantitative estimate of drug-likeness (QED) is 0.807. The monoisotopic (exact) mass is 253 g/mol. The van der Waals surface area contributed by atoms with E-state index < -0.39 is 0 Å². The minimum atomic E-state index is -0.201. The van der Waals surface area contributed by atoms with Crippen LogP contribution in [0.3, 0.4) is 0 Å². The molecule has 0 aliphatic rings. The number of nitrogens with zero attached hydrogens (tertiary/aromatic N) is 1. The highest BCUT2D eigenvalue weighted by molar-refractivity contribution is 5.15. The van der Waals surface area contributed by atoms with Crippen molar-refractivity contribution in [3.8, 4) is 0 Å². The Morgan fingerprint density at radius 3 is 2.39 bits per heavy atom. The van der Waals surface area contributed by atoms with Crippen LogP contribution in [0, 0.1) is 11.2 Å². The van der Waals surface area contributed by atoms with Crippen LogP contribution < -0.4 is 0 Å². The van der Waals surface area contributed by atoms with Gasteiger partial charge in [0, 0.05) is 25.1 Å². The average molecular weight is 253 g/mol. The predicted molar refractivity (Wildman–Crippen MR) is 72.8 cm³/mol. The molecule has 1 rings (SSSR count). The molecule has 3 heteroatoms. The molecule has 0 heterocycles. The van der Waals surface area contributed by atoms with Crippen molar-refractivity contribution < 1.29 is 9.50 Å². The molecule has 0 bridgehead atoms. The zero-order chi connectivity index (χ0) is 13.6. The number of hydrogen-bond donors (Lipinski definition) is 1. The highest BCUT2D eigenvalue weighted by Crippen LogP contribution is 2.24. The average Bonchev–Trinajstić information content (AvgIpc) is 2.32. The van der Waals surface area contributed by atoms with Gasteiger partial charge in [-0.05, 0) is 31.2 Å². The maximum absolute atomic E-state index is 12.8. The number of hydrogen-bond acceptors (Lipinski definition) is 2. The van der Waals surface area contributed by atoms with E-state index in [1.165, 1.54) is 12.1 Å². The van der Waals surface area contributed by atoms with Gasteiger partial charge in [0.15, 0.2) is 0 Å². The molecule has 1 unspecified atom stereocenters. The lowest BCUT2D eigenvalue weighted by Crippen LogP contribution is -2.35. The molecule has 1 atom stereocenters. The van der Waals surface area contributed by atoms with E-state index >= 15 is 0 Å². The molecule has 0 saturated heterocycles. The lowest BCUT2D eigenvalue weighted by molar-refractivity contribution is 0.0878. The van der Waals surface area contributed by atoms with Crippen molar-refractivity contribution in [1.29, 1.82) is 0 Å². The van der Waals surface area contributed by atoms with Crippen molar-refractivity contribution >= 4 is 0 Å². The van der Waals surface area contributed by atoms with E-state index in [2.05, 4.69) is 18.7 Å². The molecular weight excluding hydrogens is 229 g/mol. The third kappa shape index (κ3) is 4.75. The second-order valence-corrected chi connectivity index (χ2v) is 5.52. The Hall–Kier alpha value is -0.930. The van der Waals surface area contributed by atoms with Crippen LogP contribution in [0.1, 0.15) is 32.3 Å². The van der Waals surface area contributed by atoms with Gasteiger partial charge in [0.2, 0.25) is 0 Å². The summed E-state index contributed by atoms with van der Waals surface area (Å²) in [7, 11) is 2.03. The van der Waals surface area contributed by atoms with Gasteiger partial charge in [-0.3, -0.25) is 0 Å². The zero-order valence-corrected chi connectivity index (χ0v) is 11.6. The van der Waals surface area contributed by atoms with Crippen LogP contribution in [-0.4, -0.2) is 30.2 Å².